The van der Waals surface area contributed by atoms with Crippen molar-refractivity contribution in [3.63, 3.8) is 0 Å². The second-order valence-corrected chi connectivity index (χ2v) is 5.99. The van der Waals surface area contributed by atoms with E-state index in [9.17, 15) is 0 Å². The van der Waals surface area contributed by atoms with E-state index < -0.39 is 0 Å². The van der Waals surface area contributed by atoms with E-state index in [0.29, 0.717) is 6.54 Å². The van der Waals surface area contributed by atoms with Crippen molar-refractivity contribution in [1.29, 1.82) is 0 Å². The third-order valence-corrected chi connectivity index (χ3v) is 3.54. The first-order chi connectivity index (χ1) is 8.93. The predicted octanol–water partition coefficient (Wildman–Crippen LogP) is 3.42. The summed E-state index contributed by atoms with van der Waals surface area (Å²) in [6, 6.07) is 5.81. The van der Waals surface area contributed by atoms with Crippen LogP contribution < -0.4 is 11.1 Å². The molecule has 5 heteroatoms. The van der Waals surface area contributed by atoms with Gasteiger partial charge in [0.1, 0.15) is 0 Å². The van der Waals surface area contributed by atoms with E-state index in [0.717, 1.165) is 26.8 Å². The van der Waals surface area contributed by atoms with E-state index in [-0.39, 0.29) is 5.60 Å². The van der Waals surface area contributed by atoms with Crippen LogP contribution in [0.3, 0.4) is 0 Å². The number of methoxy groups -OCH3 is 1. The summed E-state index contributed by atoms with van der Waals surface area (Å²) in [7, 11) is 1.71. The van der Waals surface area contributed by atoms with E-state index in [1.165, 1.54) is 0 Å². The van der Waals surface area contributed by atoms with Crippen LogP contribution in [0.4, 0.5) is 11.4 Å². The minimum absolute atomic E-state index is 0.233. The van der Waals surface area contributed by atoms with Crippen molar-refractivity contribution in [3.05, 3.63) is 28.9 Å². The Hall–Kier alpha value is -1.33. The number of aromatic nitrogens is 1. The Kier molecular flexibility index (Phi) is 3.96. The molecule has 102 valence electrons. The summed E-state index contributed by atoms with van der Waals surface area (Å²) in [6.45, 7) is 4.76. The van der Waals surface area contributed by atoms with Gasteiger partial charge in [-0.25, -0.2) is 0 Å². The highest BCUT2D eigenvalue weighted by Crippen LogP contribution is 2.29. The van der Waals surface area contributed by atoms with Crippen LogP contribution in [0.5, 0.6) is 0 Å². The molecule has 1 aromatic carbocycles. The number of nitrogen functional groups attached to an aromatic ring is 1. The largest absolute Gasteiger partial charge is 0.398 e. The lowest BCUT2D eigenvalue weighted by molar-refractivity contribution is 0.0344. The minimum atomic E-state index is -0.233. The molecular weight excluding hydrogens is 306 g/mol. The number of nitrogens with one attached hydrogen (secondary N) is 1. The predicted molar refractivity (Wildman–Crippen MR) is 83.4 cm³/mol. The first-order valence-corrected chi connectivity index (χ1v) is 6.85. The number of halogens is 1. The van der Waals surface area contributed by atoms with Crippen molar-refractivity contribution in [1.82, 2.24) is 4.98 Å². The maximum Gasteiger partial charge on any atom is 0.0954 e. The Labute approximate surface area is 121 Å². The highest BCUT2D eigenvalue weighted by atomic mass is 79.9. The normalized spacial score (nSPS) is 11.8. The summed E-state index contributed by atoms with van der Waals surface area (Å²) in [5, 5.41) is 4.31. The van der Waals surface area contributed by atoms with Crippen LogP contribution >= 0.6 is 15.9 Å². The quantitative estimate of drug-likeness (QED) is 0.846. The zero-order valence-corrected chi connectivity index (χ0v) is 12.9. The number of hydrogen-bond donors (Lipinski definition) is 2. The molecule has 19 heavy (non-hydrogen) atoms. The van der Waals surface area contributed by atoms with Crippen LogP contribution in [0.1, 0.15) is 13.8 Å². The Balaban J connectivity index is 2.37. The molecule has 1 aromatic heterocycles. The van der Waals surface area contributed by atoms with Gasteiger partial charge in [0.15, 0.2) is 0 Å². The van der Waals surface area contributed by atoms with Gasteiger partial charge >= 0.3 is 0 Å². The summed E-state index contributed by atoms with van der Waals surface area (Å²) in [5.74, 6) is 0. The molecule has 0 aliphatic heterocycles. The monoisotopic (exact) mass is 323 g/mol. The standard InChI is InChI=1S/C14H18BrN3O/c1-14(2,19-3)8-18-12-5-4-11(16)10-6-9(15)7-17-13(10)12/h4-7,18H,8,16H2,1-3H3. The molecule has 1 heterocycles. The lowest BCUT2D eigenvalue weighted by Gasteiger charge is -2.24. The lowest BCUT2D eigenvalue weighted by Crippen LogP contribution is -2.32. The molecule has 3 N–H and O–H groups in total. The maximum absolute atomic E-state index is 5.99. The van der Waals surface area contributed by atoms with Gasteiger partial charge < -0.3 is 15.8 Å². The molecule has 0 saturated carbocycles. The summed E-state index contributed by atoms with van der Waals surface area (Å²) in [6.07, 6.45) is 1.77. The van der Waals surface area contributed by atoms with Gasteiger partial charge in [-0.05, 0) is 48.0 Å². The number of nitrogens with two attached hydrogens (primary N) is 1. The van der Waals surface area contributed by atoms with Crippen molar-refractivity contribution in [2.45, 2.75) is 19.4 Å². The van der Waals surface area contributed by atoms with Gasteiger partial charge in [-0.1, -0.05) is 0 Å². The number of fused-ring (bicyclic) bond motifs is 1. The Morgan fingerprint density at radius 2 is 2.16 bits per heavy atom. The number of anilines is 2. The van der Waals surface area contributed by atoms with Crippen molar-refractivity contribution in [2.24, 2.45) is 0 Å². The van der Waals surface area contributed by atoms with E-state index in [1.54, 1.807) is 13.3 Å². The van der Waals surface area contributed by atoms with Crippen LogP contribution in [-0.2, 0) is 4.74 Å². The van der Waals surface area contributed by atoms with Crippen molar-refractivity contribution < 1.29 is 4.74 Å². The molecular formula is C14H18BrN3O. The summed E-state index contributed by atoms with van der Waals surface area (Å²) >= 11 is 3.41. The summed E-state index contributed by atoms with van der Waals surface area (Å²) < 4.78 is 6.32. The first-order valence-electron chi connectivity index (χ1n) is 6.06. The number of nitrogens with zero attached hydrogens (tertiary/aromatic N) is 1. The zero-order valence-electron chi connectivity index (χ0n) is 11.3. The second-order valence-electron chi connectivity index (χ2n) is 5.07. The summed E-state index contributed by atoms with van der Waals surface area (Å²) in [4.78, 5) is 4.44. The molecule has 0 spiro atoms. The fourth-order valence-corrected chi connectivity index (χ4v) is 2.07. The molecule has 0 saturated heterocycles. The third-order valence-electron chi connectivity index (χ3n) is 3.11. The molecule has 2 rings (SSSR count). The number of benzene rings is 1. The average Bonchev–Trinajstić information content (AvgIpc) is 2.38. The topological polar surface area (TPSA) is 60.2 Å². The number of pyridine rings is 1. The van der Waals surface area contributed by atoms with Crippen molar-refractivity contribution in [3.8, 4) is 0 Å². The highest BCUT2D eigenvalue weighted by Gasteiger charge is 2.16. The average molecular weight is 324 g/mol. The second kappa shape index (κ2) is 5.35. The van der Waals surface area contributed by atoms with Gasteiger partial charge in [0.05, 0.1) is 16.8 Å². The molecule has 2 aromatic rings. The Morgan fingerprint density at radius 3 is 2.84 bits per heavy atom. The third kappa shape index (κ3) is 3.16. The molecule has 4 nitrogen and oxygen atoms in total. The highest BCUT2D eigenvalue weighted by molar-refractivity contribution is 9.10. The molecule has 0 aliphatic carbocycles. The van der Waals surface area contributed by atoms with E-state index >= 15 is 0 Å². The lowest BCUT2D eigenvalue weighted by atomic mass is 10.1. The van der Waals surface area contributed by atoms with Crippen LogP contribution in [-0.4, -0.2) is 24.2 Å². The fraction of sp³-hybridized carbons (Fsp3) is 0.357. The Morgan fingerprint density at radius 1 is 1.42 bits per heavy atom. The molecule has 0 atom stereocenters. The Bertz CT molecular complexity index is 599. The van der Waals surface area contributed by atoms with Gasteiger partial charge in [0, 0.05) is 35.4 Å². The smallest absolute Gasteiger partial charge is 0.0954 e. The molecule has 0 aliphatic rings. The van der Waals surface area contributed by atoms with E-state index in [2.05, 4.69) is 26.2 Å². The first kappa shape index (κ1) is 14.1. The molecule has 0 radical (unpaired) electrons. The number of hydrogen-bond acceptors (Lipinski definition) is 4. The SMILES string of the molecule is COC(C)(C)CNc1ccc(N)c2cc(Br)cnc12. The van der Waals surface area contributed by atoms with E-state index in [1.807, 2.05) is 32.0 Å². The molecule has 0 bridgehead atoms. The number of ether oxygens (including phenoxy) is 1. The van der Waals surface area contributed by atoms with Crippen LogP contribution in [0, 0.1) is 0 Å². The van der Waals surface area contributed by atoms with Gasteiger partial charge in [0.2, 0.25) is 0 Å². The van der Waals surface area contributed by atoms with Gasteiger partial charge in [0.25, 0.3) is 0 Å². The minimum Gasteiger partial charge on any atom is -0.398 e. The molecule has 0 amide bonds. The fourth-order valence-electron chi connectivity index (χ4n) is 1.74. The molecule has 0 unspecified atom stereocenters. The van der Waals surface area contributed by atoms with Gasteiger partial charge in [-0.2, -0.15) is 0 Å². The van der Waals surface area contributed by atoms with E-state index in [4.69, 9.17) is 10.5 Å². The summed E-state index contributed by atoms with van der Waals surface area (Å²) in [5.41, 5.74) is 8.31. The van der Waals surface area contributed by atoms with Crippen LogP contribution in [0.2, 0.25) is 0 Å². The van der Waals surface area contributed by atoms with Crippen LogP contribution in [0.15, 0.2) is 28.9 Å². The number of rotatable bonds is 4. The molecule has 0 fully saturated rings. The van der Waals surface area contributed by atoms with Crippen molar-refractivity contribution in [2.75, 3.05) is 24.7 Å². The van der Waals surface area contributed by atoms with Crippen molar-refractivity contribution >= 4 is 38.2 Å². The van der Waals surface area contributed by atoms with Crippen LogP contribution in [0.25, 0.3) is 10.9 Å². The zero-order chi connectivity index (χ0) is 14.0. The van der Waals surface area contributed by atoms with Gasteiger partial charge in [-0.15, -0.1) is 0 Å². The maximum atomic E-state index is 5.99. The van der Waals surface area contributed by atoms with Gasteiger partial charge in [-0.3, -0.25) is 4.98 Å².